The van der Waals surface area contributed by atoms with Gasteiger partial charge >= 0.3 is 96.2 Å². The molecular formula is C15H6Mn2O7S. The first-order valence-corrected chi connectivity index (χ1v) is 4.59. The molecule has 25 heavy (non-hydrogen) atoms. The molecule has 10 heteroatoms. The number of benzene rings is 1. The fraction of sp³-hybridized carbons (Fsp3) is 0. The Kier molecular flexibility index (Phi) is 329. The topological polar surface area (TPSA) is 139 Å². The van der Waals surface area contributed by atoms with Crippen molar-refractivity contribution < 1.29 is 66.7 Å². The van der Waals surface area contributed by atoms with Crippen molar-refractivity contribution in [3.05, 3.63) is 93.9 Å². The van der Waals surface area contributed by atoms with Crippen molar-refractivity contribution in [3.63, 3.8) is 0 Å². The van der Waals surface area contributed by atoms with Gasteiger partial charge < -0.3 is 12.6 Å². The standard InChI is InChI=1S/C8H7S.7CO.2Mn/c9-7-6-8-4-2-1-3-5-8;7*1-2;;/h1-5,7,9H;;;;;;;;;/q-1;;;;;;;;;+2/p-1. The van der Waals surface area contributed by atoms with E-state index in [0.29, 0.717) is 0 Å². The van der Waals surface area contributed by atoms with Crippen molar-refractivity contribution in [3.8, 4) is 0 Å². The monoisotopic (exact) mass is 440 g/mol. The minimum absolute atomic E-state index is 0. The minimum atomic E-state index is 0. The molecule has 0 spiro atoms. The predicted octanol–water partition coefficient (Wildman–Crippen LogP) is 1.63. The summed E-state index contributed by atoms with van der Waals surface area (Å²) in [5.74, 6) is 0. The summed E-state index contributed by atoms with van der Waals surface area (Å²) < 4.78 is 52.5. The van der Waals surface area contributed by atoms with E-state index < -0.39 is 0 Å². The smallest absolute Gasteiger partial charge is 0.800 e. The molecule has 0 amide bonds. The van der Waals surface area contributed by atoms with Gasteiger partial charge in [-0.15, -0.1) is 12.1 Å². The van der Waals surface area contributed by atoms with Crippen LogP contribution in [0.1, 0.15) is 5.56 Å². The largest absolute Gasteiger partial charge is 2.00 e. The third-order valence-electron chi connectivity index (χ3n) is 0.999. The van der Waals surface area contributed by atoms with Crippen molar-refractivity contribution in [2.24, 2.45) is 0 Å². The van der Waals surface area contributed by atoms with Gasteiger partial charge in [0.25, 0.3) is 0 Å². The molecule has 0 aliphatic rings. The van der Waals surface area contributed by atoms with Gasteiger partial charge in [0.2, 0.25) is 0 Å². The van der Waals surface area contributed by atoms with E-state index in [1.165, 1.54) is 5.41 Å². The van der Waals surface area contributed by atoms with E-state index in [1.807, 2.05) is 30.3 Å². The first kappa shape index (κ1) is 56.6. The van der Waals surface area contributed by atoms with Crippen LogP contribution in [-0.4, -0.2) is 0 Å². The van der Waals surface area contributed by atoms with Crippen molar-refractivity contribution in [2.45, 2.75) is 0 Å². The van der Waals surface area contributed by atoms with Crippen molar-refractivity contribution >= 4 is 12.6 Å². The van der Waals surface area contributed by atoms with Crippen molar-refractivity contribution in [1.82, 2.24) is 0 Å². The van der Waals surface area contributed by atoms with Crippen LogP contribution in [0.25, 0.3) is 0 Å². The SMILES string of the molecule is [C-]#[O+].[C-]#[O+].[C-]#[O+].[C-]#[O+].[C-]#[O+].[C-]#[O+].[C-]#[O+].[Mn+2].[Mn].[S-]C=[C-]c1ccccc1. The number of hydrogen-bond acceptors (Lipinski definition) is 1. The van der Waals surface area contributed by atoms with Gasteiger partial charge in [-0.3, -0.25) is 5.41 Å². The van der Waals surface area contributed by atoms with Gasteiger partial charge in [-0.05, 0) is 0 Å². The zero-order valence-corrected chi connectivity index (χ0v) is 15.2. The molecule has 1 aromatic carbocycles. The normalized spacial score (nSPS) is 4.24. The van der Waals surface area contributed by atoms with Gasteiger partial charge in [-0.2, -0.15) is 17.7 Å². The second-order valence-corrected chi connectivity index (χ2v) is 1.86. The maximum absolute atomic E-state index is 7.50. The van der Waals surface area contributed by atoms with Crippen molar-refractivity contribution in [2.75, 3.05) is 0 Å². The Labute approximate surface area is 173 Å². The molecule has 2 radical (unpaired) electrons. The summed E-state index contributed by atoms with van der Waals surface area (Å²) in [5, 5.41) is 1.50. The molecule has 0 aromatic heterocycles. The third-order valence-corrected chi connectivity index (χ3v) is 1.12. The van der Waals surface area contributed by atoms with Crippen LogP contribution in [0.5, 0.6) is 0 Å². The van der Waals surface area contributed by atoms with Crippen LogP contribution < -0.4 is 0 Å². The third kappa shape index (κ3) is 106. The zero-order valence-electron chi connectivity index (χ0n) is 12.0. The summed E-state index contributed by atoms with van der Waals surface area (Å²) in [6.45, 7) is 31.5. The van der Waals surface area contributed by atoms with Crippen LogP contribution in [0.4, 0.5) is 0 Å². The Morgan fingerprint density at radius 3 is 1.08 bits per heavy atom. The Bertz CT molecular complexity index is 402. The summed E-state index contributed by atoms with van der Waals surface area (Å²) in [7, 11) is 0. The van der Waals surface area contributed by atoms with Gasteiger partial charge in [-0.1, -0.05) is 6.07 Å². The first-order chi connectivity index (χ1) is 11.4. The maximum Gasteiger partial charge on any atom is 2.00 e. The van der Waals surface area contributed by atoms with E-state index in [9.17, 15) is 0 Å². The molecule has 0 unspecified atom stereocenters. The molecule has 0 saturated carbocycles. The predicted molar refractivity (Wildman–Crippen MR) is 68.2 cm³/mol. The Hall–Kier alpha value is -1.60. The molecule has 0 saturated heterocycles. The summed E-state index contributed by atoms with van der Waals surface area (Å²) >= 11 is 4.60. The second-order valence-electron chi connectivity index (χ2n) is 1.63. The van der Waals surface area contributed by atoms with E-state index >= 15 is 0 Å². The molecular weight excluding hydrogens is 434 g/mol. The molecule has 0 bridgehead atoms. The van der Waals surface area contributed by atoms with E-state index in [1.54, 1.807) is 0 Å². The average molecular weight is 440 g/mol. The molecule has 0 aliphatic carbocycles. The van der Waals surface area contributed by atoms with Gasteiger partial charge in [0.05, 0.1) is 0 Å². The molecule has 0 heterocycles. The first-order valence-electron chi connectivity index (χ1n) is 4.11. The van der Waals surface area contributed by atoms with Crippen LogP contribution in [0, 0.1) is 52.6 Å². The molecule has 0 fully saturated rings. The second kappa shape index (κ2) is 145. The molecule has 1 rings (SSSR count). The maximum atomic E-state index is 7.50. The van der Waals surface area contributed by atoms with Gasteiger partial charge in [0.15, 0.2) is 0 Å². The van der Waals surface area contributed by atoms with Crippen LogP contribution in [-0.2, 0) is 79.3 Å². The Morgan fingerprint density at radius 1 is 0.640 bits per heavy atom. The van der Waals surface area contributed by atoms with E-state index in [2.05, 4.69) is 65.3 Å². The molecule has 0 atom stereocenters. The van der Waals surface area contributed by atoms with Gasteiger partial charge in [0, 0.05) is 17.1 Å². The summed E-state index contributed by atoms with van der Waals surface area (Å²) in [4.78, 5) is 0. The molecule has 7 nitrogen and oxygen atoms in total. The molecule has 1 aromatic rings. The molecule has 0 N–H and O–H groups in total. The van der Waals surface area contributed by atoms with Gasteiger partial charge in [-0.25, -0.2) is 6.08 Å². The summed E-state index contributed by atoms with van der Waals surface area (Å²) in [6, 6.07) is 9.81. The van der Waals surface area contributed by atoms with Crippen LogP contribution in [0.2, 0.25) is 0 Å². The Balaban J connectivity index is -0.0000000198. The Morgan fingerprint density at radius 2 is 0.880 bits per heavy atom. The van der Waals surface area contributed by atoms with E-state index in [0.717, 1.165) is 5.56 Å². The van der Waals surface area contributed by atoms with E-state index in [-0.39, 0.29) is 34.1 Å². The summed E-state index contributed by atoms with van der Waals surface area (Å²) in [5.41, 5.74) is 1.03. The van der Waals surface area contributed by atoms with Crippen LogP contribution in [0.3, 0.4) is 0 Å². The minimum Gasteiger partial charge on any atom is -0.800 e. The molecule has 0 aliphatic heterocycles. The molecule has 128 valence electrons. The number of hydrogen-bond donors (Lipinski definition) is 0. The van der Waals surface area contributed by atoms with Gasteiger partial charge in [0.1, 0.15) is 0 Å². The average Bonchev–Trinajstić information content (AvgIpc) is 2.74. The van der Waals surface area contributed by atoms with Crippen LogP contribution >= 0.6 is 0 Å². The van der Waals surface area contributed by atoms with Crippen molar-refractivity contribution in [1.29, 1.82) is 0 Å². The number of rotatable bonds is 1. The quantitative estimate of drug-likeness (QED) is 0.279. The fourth-order valence-corrected chi connectivity index (χ4v) is 0.739. The van der Waals surface area contributed by atoms with E-state index in [4.69, 9.17) is 32.6 Å². The van der Waals surface area contributed by atoms with Crippen LogP contribution in [0.15, 0.2) is 35.7 Å². The fourth-order valence-electron chi connectivity index (χ4n) is 0.602. The zero-order chi connectivity index (χ0) is 20.5. The summed E-state index contributed by atoms with van der Waals surface area (Å²) in [6.07, 6.45) is 2.90.